The van der Waals surface area contributed by atoms with Gasteiger partial charge in [0.2, 0.25) is 0 Å². The normalized spacial score (nSPS) is 27.6. The smallest absolute Gasteiger partial charge is 0.196 e. The number of aliphatic hydroxyl groups is 2. The van der Waals surface area contributed by atoms with E-state index in [0.717, 1.165) is 12.1 Å². The first-order valence-electron chi connectivity index (χ1n) is 13.1. The van der Waals surface area contributed by atoms with Crippen LogP contribution in [0.25, 0.3) is 21.9 Å². The topological polar surface area (TPSA) is 194 Å². The lowest BCUT2D eigenvalue weighted by atomic mass is 9.73. The molecule has 2 heterocycles. The zero-order chi connectivity index (χ0) is 29.8. The first kappa shape index (κ1) is 27.0. The van der Waals surface area contributed by atoms with E-state index in [1.54, 1.807) is 20.8 Å². The fraction of sp³-hybridized carbons (Fsp3) is 0.333. The summed E-state index contributed by atoms with van der Waals surface area (Å²) in [7, 11) is 0. The summed E-state index contributed by atoms with van der Waals surface area (Å²) in [5.41, 5.74) is -1.53. The number of Topliss-reactive ketones (excluding diaryl/α,β-unsaturated/α-hetero) is 2. The molecule has 2 aliphatic heterocycles. The minimum Gasteiger partial charge on any atom is -0.508 e. The molecule has 3 aromatic rings. The summed E-state index contributed by atoms with van der Waals surface area (Å²) in [5, 5.41) is 76.8. The third kappa shape index (κ3) is 3.53. The van der Waals surface area contributed by atoms with Gasteiger partial charge in [0.05, 0.1) is 35.4 Å². The van der Waals surface area contributed by atoms with E-state index in [1.165, 1.54) is 13.0 Å². The first-order valence-corrected chi connectivity index (χ1v) is 13.1. The molecule has 1 aliphatic carbocycles. The lowest BCUT2D eigenvalue weighted by Gasteiger charge is -2.38. The van der Waals surface area contributed by atoms with Gasteiger partial charge in [-0.2, -0.15) is 0 Å². The summed E-state index contributed by atoms with van der Waals surface area (Å²) >= 11 is 0. The molecule has 6 rings (SSSR count). The van der Waals surface area contributed by atoms with Gasteiger partial charge < -0.3 is 45.2 Å². The lowest BCUT2D eigenvalue weighted by Crippen LogP contribution is -2.45. The SMILES string of the molecule is C[C@H]1O[C@H](C)[C@@H](O)C2=C1C(=O)c1c(O)cc(O)c(-c3c4c(c(O)c5c(O)cc(O)cc35)[C@@H](C)O[C@H](C)[C@H]4O)c1C2=O. The maximum atomic E-state index is 14.2. The average molecular weight is 565 g/mol. The highest BCUT2D eigenvalue weighted by Crippen LogP contribution is 2.56. The molecule has 0 spiro atoms. The predicted octanol–water partition coefficient (Wildman–Crippen LogP) is 3.39. The van der Waals surface area contributed by atoms with Crippen LogP contribution < -0.4 is 0 Å². The number of carbonyl (C=O) groups excluding carboxylic acids is 2. The molecule has 0 radical (unpaired) electrons. The summed E-state index contributed by atoms with van der Waals surface area (Å²) in [6, 6.07) is 3.04. The van der Waals surface area contributed by atoms with Gasteiger partial charge >= 0.3 is 0 Å². The molecular formula is C30H28O11. The Labute approximate surface area is 233 Å². The lowest BCUT2D eigenvalue weighted by molar-refractivity contribution is -0.0812. The number of rotatable bonds is 1. The fourth-order valence-electron chi connectivity index (χ4n) is 6.56. The van der Waals surface area contributed by atoms with Crippen molar-refractivity contribution in [3.8, 4) is 39.9 Å². The van der Waals surface area contributed by atoms with Crippen LogP contribution in [0.5, 0.6) is 28.7 Å². The third-order valence-corrected chi connectivity index (χ3v) is 8.32. The van der Waals surface area contributed by atoms with Crippen LogP contribution in [0.15, 0.2) is 29.3 Å². The van der Waals surface area contributed by atoms with Gasteiger partial charge in [-0.05, 0) is 33.8 Å². The van der Waals surface area contributed by atoms with Crippen LogP contribution >= 0.6 is 0 Å². The number of benzene rings is 3. The zero-order valence-corrected chi connectivity index (χ0v) is 22.5. The molecule has 41 heavy (non-hydrogen) atoms. The van der Waals surface area contributed by atoms with Crippen molar-refractivity contribution in [1.29, 1.82) is 0 Å². The van der Waals surface area contributed by atoms with Gasteiger partial charge in [0, 0.05) is 56.5 Å². The van der Waals surface area contributed by atoms with Crippen molar-refractivity contribution < 1.29 is 54.8 Å². The molecule has 0 saturated heterocycles. The Morgan fingerprint density at radius 1 is 0.610 bits per heavy atom. The van der Waals surface area contributed by atoms with Crippen molar-refractivity contribution in [3.63, 3.8) is 0 Å². The first-order chi connectivity index (χ1) is 19.3. The molecular weight excluding hydrogens is 536 g/mol. The van der Waals surface area contributed by atoms with E-state index in [-0.39, 0.29) is 44.2 Å². The second kappa shape index (κ2) is 8.92. The molecule has 0 amide bonds. The van der Waals surface area contributed by atoms with Crippen LogP contribution in [0, 0.1) is 0 Å². The van der Waals surface area contributed by atoms with E-state index < -0.39 is 88.1 Å². The van der Waals surface area contributed by atoms with Gasteiger partial charge in [-0.15, -0.1) is 0 Å². The largest absolute Gasteiger partial charge is 0.508 e. The van der Waals surface area contributed by atoms with Gasteiger partial charge in [-0.1, -0.05) is 0 Å². The molecule has 0 fully saturated rings. The van der Waals surface area contributed by atoms with Gasteiger partial charge in [0.15, 0.2) is 11.6 Å². The number of aliphatic hydroxyl groups excluding tert-OH is 2. The predicted molar refractivity (Wildman–Crippen MR) is 143 cm³/mol. The third-order valence-electron chi connectivity index (χ3n) is 8.32. The highest BCUT2D eigenvalue weighted by Gasteiger charge is 2.47. The van der Waals surface area contributed by atoms with E-state index in [2.05, 4.69) is 0 Å². The van der Waals surface area contributed by atoms with Crippen LogP contribution in [-0.2, 0) is 9.47 Å². The summed E-state index contributed by atoms with van der Waals surface area (Å²) in [4.78, 5) is 28.1. The fourth-order valence-corrected chi connectivity index (χ4v) is 6.56. The number of phenols is 5. The van der Waals surface area contributed by atoms with E-state index in [4.69, 9.17) is 9.47 Å². The Kier molecular flexibility index (Phi) is 5.88. The Morgan fingerprint density at radius 3 is 1.88 bits per heavy atom. The van der Waals surface area contributed by atoms with Crippen molar-refractivity contribution in [2.75, 3.05) is 0 Å². The summed E-state index contributed by atoms with van der Waals surface area (Å²) in [6.07, 6.45) is -6.34. The van der Waals surface area contributed by atoms with Crippen LogP contribution in [0.4, 0.5) is 0 Å². The van der Waals surface area contributed by atoms with E-state index in [1.807, 2.05) is 0 Å². The molecule has 3 aromatic carbocycles. The Morgan fingerprint density at radius 2 is 1.20 bits per heavy atom. The van der Waals surface area contributed by atoms with Crippen molar-refractivity contribution in [3.05, 3.63) is 51.6 Å². The molecule has 214 valence electrons. The minimum atomic E-state index is -1.50. The molecule has 0 aromatic heterocycles. The number of hydrogen-bond donors (Lipinski definition) is 7. The van der Waals surface area contributed by atoms with Gasteiger partial charge in [0.1, 0.15) is 41.0 Å². The van der Waals surface area contributed by atoms with E-state index in [9.17, 15) is 45.3 Å². The van der Waals surface area contributed by atoms with E-state index >= 15 is 0 Å². The van der Waals surface area contributed by atoms with E-state index in [0.29, 0.717) is 0 Å². The molecule has 0 unspecified atom stereocenters. The van der Waals surface area contributed by atoms with Crippen LogP contribution in [0.3, 0.4) is 0 Å². The maximum Gasteiger partial charge on any atom is 0.196 e. The van der Waals surface area contributed by atoms with Crippen molar-refractivity contribution in [2.45, 2.75) is 64.3 Å². The Bertz CT molecular complexity index is 1740. The second-order valence-electron chi connectivity index (χ2n) is 10.8. The average Bonchev–Trinajstić information content (AvgIpc) is 2.87. The maximum absolute atomic E-state index is 14.2. The van der Waals surface area contributed by atoms with Gasteiger partial charge in [-0.25, -0.2) is 0 Å². The number of aromatic hydroxyl groups is 5. The second-order valence-corrected chi connectivity index (χ2v) is 10.8. The van der Waals surface area contributed by atoms with Crippen molar-refractivity contribution in [2.24, 2.45) is 0 Å². The summed E-state index contributed by atoms with van der Waals surface area (Å²) in [5.74, 6) is -4.42. The van der Waals surface area contributed by atoms with Crippen LogP contribution in [-0.4, -0.2) is 71.7 Å². The van der Waals surface area contributed by atoms with Gasteiger partial charge in [-0.3, -0.25) is 9.59 Å². The molecule has 0 bridgehead atoms. The highest BCUT2D eigenvalue weighted by atomic mass is 16.5. The number of hydrogen-bond acceptors (Lipinski definition) is 11. The van der Waals surface area contributed by atoms with Crippen molar-refractivity contribution >= 4 is 22.3 Å². The Balaban J connectivity index is 1.82. The molecule has 11 heteroatoms. The highest BCUT2D eigenvalue weighted by molar-refractivity contribution is 6.32. The quantitative estimate of drug-likeness (QED) is 0.229. The number of carbonyl (C=O) groups is 2. The molecule has 0 saturated carbocycles. The number of ether oxygens (including phenoxy) is 2. The Hall–Kier alpha value is -4.16. The number of phenolic OH excluding ortho intramolecular Hbond substituents is 5. The van der Waals surface area contributed by atoms with Gasteiger partial charge in [0.25, 0.3) is 0 Å². The standard InChI is InChI=1S/C30H28O11/c1-8-17-23(26(35)10(3)40-8)20(13-5-12(31)6-14(32)19(13)28(17)37)21-15(33)7-16(34)22-24(21)30(39)25-18(29(22)38)9(2)41-11(4)27(25)36/h5-11,26-27,31-37H,1-4H3/t8-,9-,10-,11-,26-,27-/m1/s1. The summed E-state index contributed by atoms with van der Waals surface area (Å²) < 4.78 is 11.4. The number of ketones is 2. The monoisotopic (exact) mass is 564 g/mol. The minimum absolute atomic E-state index is 0.0312. The zero-order valence-electron chi connectivity index (χ0n) is 22.5. The number of fused-ring (bicyclic) bond motifs is 3. The van der Waals surface area contributed by atoms with Crippen LogP contribution in [0.1, 0.15) is 71.7 Å². The van der Waals surface area contributed by atoms with Crippen molar-refractivity contribution in [1.82, 2.24) is 0 Å². The molecule has 6 atom stereocenters. The summed E-state index contributed by atoms with van der Waals surface area (Å²) in [6.45, 7) is 6.26. The van der Waals surface area contributed by atoms with Crippen LogP contribution in [0.2, 0.25) is 0 Å². The molecule has 7 N–H and O–H groups in total. The molecule has 11 nitrogen and oxygen atoms in total. The molecule has 3 aliphatic rings.